The summed E-state index contributed by atoms with van der Waals surface area (Å²) in [6.07, 6.45) is 3.99. The van der Waals surface area contributed by atoms with E-state index in [-0.39, 0.29) is 5.91 Å². The number of para-hydroxylation sites is 1. The second-order valence-electron chi connectivity index (χ2n) is 8.45. The van der Waals surface area contributed by atoms with E-state index in [1.807, 2.05) is 47.4 Å². The molecule has 33 heavy (non-hydrogen) atoms. The molecule has 0 unspecified atom stereocenters. The van der Waals surface area contributed by atoms with Crippen LogP contribution in [0.1, 0.15) is 30.3 Å². The molecule has 1 aliphatic heterocycles. The van der Waals surface area contributed by atoms with Crippen molar-refractivity contribution in [2.24, 2.45) is 0 Å². The Hall–Kier alpha value is -2.78. The number of carbonyl (C=O) groups is 1. The van der Waals surface area contributed by atoms with Crippen molar-refractivity contribution in [2.45, 2.75) is 30.5 Å². The maximum atomic E-state index is 12.8. The van der Waals surface area contributed by atoms with Crippen LogP contribution in [0, 0.1) is 0 Å². The quantitative estimate of drug-likeness (QED) is 0.424. The lowest BCUT2D eigenvalue weighted by Gasteiger charge is -2.34. The summed E-state index contributed by atoms with van der Waals surface area (Å²) < 4.78 is 13.4. The van der Waals surface area contributed by atoms with E-state index in [2.05, 4.69) is 19.7 Å². The summed E-state index contributed by atoms with van der Waals surface area (Å²) in [5.41, 5.74) is 0. The van der Waals surface area contributed by atoms with E-state index in [1.165, 1.54) is 11.8 Å². The molecule has 8 nitrogen and oxygen atoms in total. The fourth-order valence-electron chi connectivity index (χ4n) is 4.01. The van der Waals surface area contributed by atoms with Crippen molar-refractivity contribution in [1.82, 2.24) is 24.6 Å². The van der Waals surface area contributed by atoms with Gasteiger partial charge in [-0.2, -0.15) is 0 Å². The van der Waals surface area contributed by atoms with Gasteiger partial charge in [0.05, 0.1) is 18.6 Å². The third kappa shape index (κ3) is 5.78. The van der Waals surface area contributed by atoms with E-state index in [9.17, 15) is 4.79 Å². The lowest BCUT2D eigenvalue weighted by molar-refractivity contribution is -0.130. The van der Waals surface area contributed by atoms with Gasteiger partial charge in [-0.05, 0) is 37.1 Å². The summed E-state index contributed by atoms with van der Waals surface area (Å²) in [4.78, 5) is 17.1. The molecule has 0 atom stereocenters. The molecule has 0 spiro atoms. The van der Waals surface area contributed by atoms with E-state index in [0.29, 0.717) is 24.8 Å². The monoisotopic (exact) mass is 467 g/mol. The molecular weight excluding hydrogens is 438 g/mol. The van der Waals surface area contributed by atoms with Gasteiger partial charge in [0.25, 0.3) is 0 Å². The molecule has 2 aliphatic rings. The highest BCUT2D eigenvalue weighted by Crippen LogP contribution is 2.40. The van der Waals surface area contributed by atoms with Crippen LogP contribution >= 0.6 is 11.8 Å². The van der Waals surface area contributed by atoms with Gasteiger partial charge in [0.15, 0.2) is 5.16 Å². The summed E-state index contributed by atoms with van der Waals surface area (Å²) in [7, 11) is 0. The summed E-state index contributed by atoms with van der Waals surface area (Å²) in [5.74, 6) is 3.79. The second kappa shape index (κ2) is 10.4. The smallest absolute Gasteiger partial charge is 0.233 e. The average molecular weight is 468 g/mol. The fourth-order valence-corrected chi connectivity index (χ4v) is 4.85. The van der Waals surface area contributed by atoms with Crippen molar-refractivity contribution >= 4 is 17.7 Å². The number of nitrogens with zero attached hydrogens (tertiary/aromatic N) is 5. The van der Waals surface area contributed by atoms with Crippen molar-refractivity contribution < 1.29 is 13.9 Å². The molecule has 3 heterocycles. The number of hydrogen-bond acceptors (Lipinski definition) is 7. The molecule has 1 saturated heterocycles. The zero-order chi connectivity index (χ0) is 22.5. The topological polar surface area (TPSA) is 76.6 Å². The standard InChI is InChI=1S/C24H29N5O3S/c30-22(28-12-10-27(11-13-28)14-16-32-20-5-2-1-3-6-20)18-33-24-26-25-23(19-8-9-19)29(24)17-21-7-4-15-31-21/h1-7,15,19H,8-14,16-18H2. The molecule has 2 aromatic heterocycles. The summed E-state index contributed by atoms with van der Waals surface area (Å²) in [6, 6.07) is 13.7. The Bertz CT molecular complexity index is 1030. The van der Waals surface area contributed by atoms with Crippen LogP contribution in [-0.2, 0) is 11.3 Å². The van der Waals surface area contributed by atoms with E-state index in [1.54, 1.807) is 6.26 Å². The minimum Gasteiger partial charge on any atom is -0.492 e. The molecule has 5 rings (SSSR count). The number of carbonyl (C=O) groups excluding carboxylic acids is 1. The SMILES string of the molecule is O=C(CSc1nnc(C2CC2)n1Cc1ccco1)N1CCN(CCOc2ccccc2)CC1. The molecule has 1 aliphatic carbocycles. The van der Waals surface area contributed by atoms with Gasteiger partial charge < -0.3 is 14.1 Å². The van der Waals surface area contributed by atoms with Gasteiger partial charge in [0.2, 0.25) is 5.91 Å². The van der Waals surface area contributed by atoms with Crippen molar-refractivity contribution in [3.63, 3.8) is 0 Å². The number of amides is 1. The molecule has 1 amide bonds. The molecule has 0 radical (unpaired) electrons. The predicted octanol–water partition coefficient (Wildman–Crippen LogP) is 3.11. The highest BCUT2D eigenvalue weighted by atomic mass is 32.2. The average Bonchev–Trinajstić information content (AvgIpc) is 3.41. The lowest BCUT2D eigenvalue weighted by atomic mass is 10.3. The van der Waals surface area contributed by atoms with Gasteiger partial charge in [-0.25, -0.2) is 0 Å². The first kappa shape index (κ1) is 22.0. The largest absolute Gasteiger partial charge is 0.492 e. The summed E-state index contributed by atoms with van der Waals surface area (Å²) in [6.45, 7) is 5.36. The van der Waals surface area contributed by atoms with Gasteiger partial charge in [0.1, 0.15) is 23.9 Å². The van der Waals surface area contributed by atoms with Crippen LogP contribution in [0.2, 0.25) is 0 Å². The maximum Gasteiger partial charge on any atom is 0.233 e. The van der Waals surface area contributed by atoms with Crippen molar-refractivity contribution in [1.29, 1.82) is 0 Å². The van der Waals surface area contributed by atoms with Crippen molar-refractivity contribution in [2.75, 3.05) is 45.1 Å². The van der Waals surface area contributed by atoms with Gasteiger partial charge in [0, 0.05) is 38.6 Å². The van der Waals surface area contributed by atoms with Crippen molar-refractivity contribution in [3.05, 3.63) is 60.3 Å². The molecule has 0 N–H and O–H groups in total. The Kier molecular flexibility index (Phi) is 6.97. The number of aromatic nitrogens is 3. The molecule has 9 heteroatoms. The summed E-state index contributed by atoms with van der Waals surface area (Å²) in [5, 5.41) is 9.59. The molecule has 174 valence electrons. The first-order valence-electron chi connectivity index (χ1n) is 11.5. The minimum atomic E-state index is 0.153. The molecule has 1 saturated carbocycles. The number of benzene rings is 1. The van der Waals surface area contributed by atoms with Crippen LogP contribution in [0.5, 0.6) is 5.75 Å². The van der Waals surface area contributed by atoms with Gasteiger partial charge in [-0.3, -0.25) is 14.3 Å². The Labute approximate surface area is 197 Å². The fraction of sp³-hybridized carbons (Fsp3) is 0.458. The highest BCUT2D eigenvalue weighted by molar-refractivity contribution is 7.99. The zero-order valence-corrected chi connectivity index (χ0v) is 19.5. The maximum absolute atomic E-state index is 12.8. The van der Waals surface area contributed by atoms with Gasteiger partial charge in [-0.15, -0.1) is 10.2 Å². The van der Waals surface area contributed by atoms with E-state index < -0.39 is 0 Å². The zero-order valence-electron chi connectivity index (χ0n) is 18.6. The Balaban J connectivity index is 1.08. The summed E-state index contributed by atoms with van der Waals surface area (Å²) >= 11 is 1.47. The third-order valence-electron chi connectivity index (χ3n) is 6.05. The van der Waals surface area contributed by atoms with E-state index in [4.69, 9.17) is 9.15 Å². The molecule has 3 aromatic rings. The lowest BCUT2D eigenvalue weighted by Crippen LogP contribution is -2.50. The van der Waals surface area contributed by atoms with E-state index >= 15 is 0 Å². The van der Waals surface area contributed by atoms with Gasteiger partial charge >= 0.3 is 0 Å². The number of thioether (sulfide) groups is 1. The van der Waals surface area contributed by atoms with Crippen LogP contribution < -0.4 is 4.74 Å². The van der Waals surface area contributed by atoms with Crippen LogP contribution in [0.3, 0.4) is 0 Å². The number of hydrogen-bond donors (Lipinski definition) is 0. The number of furan rings is 1. The van der Waals surface area contributed by atoms with Gasteiger partial charge in [-0.1, -0.05) is 30.0 Å². The Morgan fingerprint density at radius 3 is 2.61 bits per heavy atom. The second-order valence-corrected chi connectivity index (χ2v) is 9.40. The van der Waals surface area contributed by atoms with Crippen LogP contribution in [0.25, 0.3) is 0 Å². The highest BCUT2D eigenvalue weighted by Gasteiger charge is 2.31. The first-order valence-corrected chi connectivity index (χ1v) is 12.5. The Morgan fingerprint density at radius 2 is 1.88 bits per heavy atom. The van der Waals surface area contributed by atoms with Crippen LogP contribution in [-0.4, -0.2) is 75.6 Å². The third-order valence-corrected chi connectivity index (χ3v) is 7.00. The van der Waals surface area contributed by atoms with Crippen LogP contribution in [0.15, 0.2) is 58.3 Å². The molecule has 1 aromatic carbocycles. The molecule has 0 bridgehead atoms. The molecular formula is C24H29N5O3S. The number of rotatable bonds is 10. The molecule has 2 fully saturated rings. The normalized spacial score (nSPS) is 16.8. The number of ether oxygens (including phenoxy) is 1. The predicted molar refractivity (Wildman–Crippen MR) is 125 cm³/mol. The first-order chi connectivity index (χ1) is 16.3. The number of piperazine rings is 1. The van der Waals surface area contributed by atoms with Crippen LogP contribution in [0.4, 0.5) is 0 Å². The Morgan fingerprint density at radius 1 is 1.06 bits per heavy atom. The van der Waals surface area contributed by atoms with Crippen molar-refractivity contribution in [3.8, 4) is 5.75 Å². The minimum absolute atomic E-state index is 0.153. The van der Waals surface area contributed by atoms with E-state index in [0.717, 1.165) is 68.1 Å².